The van der Waals surface area contributed by atoms with Gasteiger partial charge in [-0.3, -0.25) is 0 Å². The summed E-state index contributed by atoms with van der Waals surface area (Å²) in [4.78, 5) is 0. The number of primary sulfonamides is 1. The van der Waals surface area contributed by atoms with Crippen molar-refractivity contribution >= 4 is 10.0 Å². The smallest absolute Gasteiger partial charge is 0.209 e. The highest BCUT2D eigenvalue weighted by Crippen LogP contribution is 2.25. The number of hydrogen-bond donors (Lipinski definition) is 1. The second-order valence-corrected chi connectivity index (χ2v) is 7.06. The van der Waals surface area contributed by atoms with Gasteiger partial charge >= 0.3 is 0 Å². The van der Waals surface area contributed by atoms with Crippen molar-refractivity contribution in [3.05, 3.63) is 29.8 Å². The van der Waals surface area contributed by atoms with E-state index in [1.807, 2.05) is 18.2 Å². The van der Waals surface area contributed by atoms with E-state index < -0.39 is 10.0 Å². The van der Waals surface area contributed by atoms with Crippen LogP contribution in [-0.2, 0) is 10.0 Å². The Hall–Kier alpha value is -1.07. The lowest BCUT2D eigenvalue weighted by molar-refractivity contribution is 0.301. The summed E-state index contributed by atoms with van der Waals surface area (Å²) in [6.45, 7) is 4.96. The standard InChI is InChI=1S/C15H25NO3S/c1-13(2)14-9-5-6-10-15(14)19-11-7-3-4-8-12-20(16,17)18/h5-6,9-10,13H,3-4,7-8,11-12H2,1-2H3,(H2,16,17,18). The number of nitrogens with two attached hydrogens (primary N) is 1. The lowest BCUT2D eigenvalue weighted by Gasteiger charge is -2.13. The van der Waals surface area contributed by atoms with E-state index in [1.165, 1.54) is 5.56 Å². The molecule has 0 fully saturated rings. The van der Waals surface area contributed by atoms with Gasteiger partial charge in [0, 0.05) is 0 Å². The Kier molecular flexibility index (Phi) is 7.02. The van der Waals surface area contributed by atoms with E-state index in [0.29, 0.717) is 18.9 Å². The van der Waals surface area contributed by atoms with Crippen LogP contribution in [0.2, 0.25) is 0 Å². The zero-order valence-electron chi connectivity index (χ0n) is 12.3. The molecule has 0 heterocycles. The molecule has 4 nitrogen and oxygen atoms in total. The SMILES string of the molecule is CC(C)c1ccccc1OCCCCCCS(N)(=O)=O. The molecule has 2 N–H and O–H groups in total. The van der Waals surface area contributed by atoms with Crippen LogP contribution in [0, 0.1) is 0 Å². The molecule has 0 radical (unpaired) electrons. The van der Waals surface area contributed by atoms with Crippen LogP contribution in [0.5, 0.6) is 5.75 Å². The molecule has 5 heteroatoms. The van der Waals surface area contributed by atoms with Gasteiger partial charge in [-0.05, 0) is 30.4 Å². The van der Waals surface area contributed by atoms with Crippen molar-refractivity contribution in [2.75, 3.05) is 12.4 Å². The van der Waals surface area contributed by atoms with E-state index in [4.69, 9.17) is 9.88 Å². The van der Waals surface area contributed by atoms with Gasteiger partial charge in [0.25, 0.3) is 0 Å². The maximum atomic E-state index is 10.8. The van der Waals surface area contributed by atoms with Gasteiger partial charge in [0.15, 0.2) is 0 Å². The van der Waals surface area contributed by atoms with E-state index in [0.717, 1.165) is 25.0 Å². The molecule has 114 valence electrons. The molecule has 1 aromatic carbocycles. The second kappa shape index (κ2) is 8.27. The fourth-order valence-corrected chi connectivity index (χ4v) is 2.64. The minimum absolute atomic E-state index is 0.0735. The lowest BCUT2D eigenvalue weighted by atomic mass is 10.0. The van der Waals surface area contributed by atoms with Crippen molar-refractivity contribution in [1.82, 2.24) is 0 Å². The monoisotopic (exact) mass is 299 g/mol. The molecular weight excluding hydrogens is 274 g/mol. The summed E-state index contributed by atoms with van der Waals surface area (Å²) in [6, 6.07) is 8.09. The molecule has 0 aliphatic heterocycles. The van der Waals surface area contributed by atoms with Gasteiger partial charge in [-0.1, -0.05) is 44.9 Å². The Morgan fingerprint density at radius 1 is 1.10 bits per heavy atom. The first-order valence-electron chi connectivity index (χ1n) is 7.12. The molecule has 20 heavy (non-hydrogen) atoms. The number of rotatable bonds is 9. The van der Waals surface area contributed by atoms with Crippen molar-refractivity contribution in [1.29, 1.82) is 0 Å². The number of benzene rings is 1. The Bertz CT molecular complexity index is 498. The van der Waals surface area contributed by atoms with Crippen LogP contribution in [0.15, 0.2) is 24.3 Å². The first-order valence-corrected chi connectivity index (χ1v) is 8.84. The van der Waals surface area contributed by atoms with Gasteiger partial charge in [0.1, 0.15) is 5.75 Å². The van der Waals surface area contributed by atoms with Crippen LogP contribution in [0.25, 0.3) is 0 Å². The molecule has 0 amide bonds. The fourth-order valence-electron chi connectivity index (χ4n) is 2.03. The number of ether oxygens (including phenoxy) is 1. The maximum absolute atomic E-state index is 10.8. The summed E-state index contributed by atoms with van der Waals surface area (Å²) in [5.74, 6) is 1.47. The molecule has 0 spiro atoms. The summed E-state index contributed by atoms with van der Waals surface area (Å²) < 4.78 is 27.3. The number of para-hydroxylation sites is 1. The predicted octanol–water partition coefficient (Wildman–Crippen LogP) is 3.04. The Morgan fingerprint density at radius 2 is 1.75 bits per heavy atom. The number of unbranched alkanes of at least 4 members (excludes halogenated alkanes) is 3. The average molecular weight is 299 g/mol. The third-order valence-corrected chi connectivity index (χ3v) is 3.98. The quantitative estimate of drug-likeness (QED) is 0.712. The van der Waals surface area contributed by atoms with E-state index in [9.17, 15) is 8.42 Å². The minimum Gasteiger partial charge on any atom is -0.493 e. The second-order valence-electron chi connectivity index (χ2n) is 5.32. The molecule has 1 aromatic rings. The average Bonchev–Trinajstić information content (AvgIpc) is 2.36. The third-order valence-electron chi connectivity index (χ3n) is 3.12. The summed E-state index contributed by atoms with van der Waals surface area (Å²) in [5, 5.41) is 4.94. The highest BCUT2D eigenvalue weighted by molar-refractivity contribution is 7.89. The molecule has 0 saturated heterocycles. The zero-order valence-corrected chi connectivity index (χ0v) is 13.2. The summed E-state index contributed by atoms with van der Waals surface area (Å²) in [7, 11) is -3.31. The lowest BCUT2D eigenvalue weighted by Crippen LogP contribution is -2.16. The van der Waals surface area contributed by atoms with Gasteiger partial charge in [0.05, 0.1) is 12.4 Å². The zero-order chi connectivity index (χ0) is 15.0. The van der Waals surface area contributed by atoms with Crippen molar-refractivity contribution in [3.8, 4) is 5.75 Å². The topological polar surface area (TPSA) is 69.4 Å². The van der Waals surface area contributed by atoms with E-state index in [1.54, 1.807) is 0 Å². The number of hydrogen-bond acceptors (Lipinski definition) is 3. The molecule has 0 aromatic heterocycles. The van der Waals surface area contributed by atoms with Gasteiger partial charge in [0.2, 0.25) is 10.0 Å². The predicted molar refractivity (Wildman–Crippen MR) is 82.5 cm³/mol. The highest BCUT2D eigenvalue weighted by Gasteiger charge is 2.06. The van der Waals surface area contributed by atoms with Crippen molar-refractivity contribution in [2.45, 2.75) is 45.4 Å². The molecule has 0 aliphatic rings. The van der Waals surface area contributed by atoms with E-state index in [-0.39, 0.29) is 5.75 Å². The Balaban J connectivity index is 2.22. The van der Waals surface area contributed by atoms with Crippen LogP contribution in [0.4, 0.5) is 0 Å². The molecule has 0 saturated carbocycles. The van der Waals surface area contributed by atoms with E-state index in [2.05, 4.69) is 19.9 Å². The molecule has 0 aliphatic carbocycles. The van der Waals surface area contributed by atoms with Crippen LogP contribution in [0.3, 0.4) is 0 Å². The Labute approximate surface area is 122 Å². The summed E-state index contributed by atoms with van der Waals surface area (Å²) in [5.41, 5.74) is 1.22. The minimum atomic E-state index is -3.31. The summed E-state index contributed by atoms with van der Waals surface area (Å²) >= 11 is 0. The molecule has 0 atom stereocenters. The highest BCUT2D eigenvalue weighted by atomic mass is 32.2. The third kappa shape index (κ3) is 6.91. The normalized spacial score (nSPS) is 11.8. The van der Waals surface area contributed by atoms with Crippen LogP contribution >= 0.6 is 0 Å². The molecule has 0 bridgehead atoms. The largest absolute Gasteiger partial charge is 0.493 e. The molecule has 1 rings (SSSR count). The van der Waals surface area contributed by atoms with Crippen LogP contribution in [-0.4, -0.2) is 20.8 Å². The van der Waals surface area contributed by atoms with Gasteiger partial charge in [-0.15, -0.1) is 0 Å². The summed E-state index contributed by atoms with van der Waals surface area (Å²) in [6.07, 6.45) is 3.38. The van der Waals surface area contributed by atoms with Crippen molar-refractivity contribution in [2.24, 2.45) is 5.14 Å². The molecule has 0 unspecified atom stereocenters. The van der Waals surface area contributed by atoms with Crippen molar-refractivity contribution in [3.63, 3.8) is 0 Å². The first kappa shape index (κ1) is 17.0. The first-order chi connectivity index (χ1) is 9.40. The van der Waals surface area contributed by atoms with Gasteiger partial charge in [-0.2, -0.15) is 0 Å². The van der Waals surface area contributed by atoms with Crippen LogP contribution < -0.4 is 9.88 Å². The fraction of sp³-hybridized carbons (Fsp3) is 0.600. The van der Waals surface area contributed by atoms with Crippen molar-refractivity contribution < 1.29 is 13.2 Å². The van der Waals surface area contributed by atoms with Crippen LogP contribution in [0.1, 0.15) is 51.0 Å². The van der Waals surface area contributed by atoms with Gasteiger partial charge in [-0.25, -0.2) is 13.6 Å². The van der Waals surface area contributed by atoms with E-state index >= 15 is 0 Å². The maximum Gasteiger partial charge on any atom is 0.209 e. The number of sulfonamides is 1. The van der Waals surface area contributed by atoms with Gasteiger partial charge < -0.3 is 4.74 Å². The molecular formula is C15H25NO3S. The Morgan fingerprint density at radius 3 is 2.40 bits per heavy atom.